The predicted octanol–water partition coefficient (Wildman–Crippen LogP) is 7.37. The summed E-state index contributed by atoms with van der Waals surface area (Å²) in [6, 6.07) is 12.1. The van der Waals surface area contributed by atoms with Crippen molar-refractivity contribution in [3.8, 4) is 11.1 Å². The van der Waals surface area contributed by atoms with Gasteiger partial charge in [-0.1, -0.05) is 100 Å². The molecule has 0 saturated heterocycles. The van der Waals surface area contributed by atoms with E-state index in [1.54, 1.807) is 48.5 Å². The van der Waals surface area contributed by atoms with Crippen molar-refractivity contribution in [2.45, 2.75) is 95.6 Å². The Hall–Kier alpha value is -3.21. The van der Waals surface area contributed by atoms with Crippen molar-refractivity contribution in [2.75, 3.05) is 32.3 Å². The van der Waals surface area contributed by atoms with Crippen molar-refractivity contribution in [2.24, 2.45) is 5.92 Å². The third kappa shape index (κ3) is 14.1. The normalized spacial score (nSPS) is 13.9. The fraction of sp³-hybridized carbons (Fsp3) is 0.553. The number of benzene rings is 2. The minimum absolute atomic E-state index is 0.0348. The molecule has 3 N–H and O–H groups in total. The maximum atomic E-state index is 14.3. The van der Waals surface area contributed by atoms with Crippen molar-refractivity contribution in [1.82, 2.24) is 5.32 Å². The number of aliphatic hydroxyl groups is 1. The number of ether oxygens (including phenoxy) is 2. The Morgan fingerprint density at radius 2 is 1.58 bits per heavy atom. The molecule has 10 heteroatoms. The van der Waals surface area contributed by atoms with Gasteiger partial charge in [0.2, 0.25) is 5.91 Å². The lowest BCUT2D eigenvalue weighted by Crippen LogP contribution is -2.55. The van der Waals surface area contributed by atoms with Gasteiger partial charge in [0.15, 0.2) is 5.60 Å². The number of hydrogen-bond acceptors (Lipinski definition) is 7. The van der Waals surface area contributed by atoms with Crippen LogP contribution in [0, 0.1) is 11.7 Å². The lowest BCUT2D eigenvalue weighted by atomic mass is 9.83. The highest BCUT2D eigenvalue weighted by molar-refractivity contribution is 7.99. The molecule has 48 heavy (non-hydrogen) atoms. The summed E-state index contributed by atoms with van der Waals surface area (Å²) >= 11 is 2.01. The van der Waals surface area contributed by atoms with E-state index >= 15 is 0 Å². The quantitative estimate of drug-likeness (QED) is 0.0562. The SMILES string of the molecule is CCCCCCCSCCCCCCC=C[C@H](C(=O)N[C@@H](Cc1ccc(-c2ccccc2F)cc1)C(=O)OC)[C@@](O)(CCOC)C(=O)O. The molecule has 0 heterocycles. The number of unbranched alkanes of at least 4 members (excludes halogenated alkanes) is 8. The summed E-state index contributed by atoms with van der Waals surface area (Å²) in [6.45, 7) is 2.13. The molecule has 0 radical (unpaired) electrons. The highest BCUT2D eigenvalue weighted by Crippen LogP contribution is 2.27. The number of thioether (sulfide) groups is 1. The minimum Gasteiger partial charge on any atom is -0.479 e. The van der Waals surface area contributed by atoms with Crippen LogP contribution in [0.5, 0.6) is 0 Å². The topological polar surface area (TPSA) is 122 Å². The average Bonchev–Trinajstić information content (AvgIpc) is 3.08. The first-order chi connectivity index (χ1) is 23.2. The number of amides is 1. The molecule has 2 aromatic rings. The summed E-state index contributed by atoms with van der Waals surface area (Å²) < 4.78 is 24.2. The van der Waals surface area contributed by atoms with Crippen LogP contribution in [0.25, 0.3) is 11.1 Å². The number of hydrogen-bond donors (Lipinski definition) is 3. The predicted molar refractivity (Wildman–Crippen MR) is 190 cm³/mol. The molecule has 266 valence electrons. The van der Waals surface area contributed by atoms with Crippen molar-refractivity contribution in [3.05, 3.63) is 72.1 Å². The zero-order valence-corrected chi connectivity index (χ0v) is 29.6. The second kappa shape index (κ2) is 23.2. The van der Waals surface area contributed by atoms with E-state index in [0.29, 0.717) is 23.1 Å². The molecule has 0 aromatic heterocycles. The molecule has 8 nitrogen and oxygen atoms in total. The fourth-order valence-corrected chi connectivity index (χ4v) is 6.45. The zero-order valence-electron chi connectivity index (χ0n) is 28.8. The van der Waals surface area contributed by atoms with E-state index in [4.69, 9.17) is 9.47 Å². The van der Waals surface area contributed by atoms with Crippen LogP contribution < -0.4 is 5.32 Å². The highest BCUT2D eigenvalue weighted by atomic mass is 32.2. The van der Waals surface area contributed by atoms with E-state index in [9.17, 15) is 29.0 Å². The zero-order chi connectivity index (χ0) is 35.2. The summed E-state index contributed by atoms with van der Waals surface area (Å²) in [5.41, 5.74) is -0.719. The number of rotatable bonds is 25. The minimum atomic E-state index is -2.47. The van der Waals surface area contributed by atoms with Gasteiger partial charge < -0.3 is 25.0 Å². The molecule has 0 fully saturated rings. The lowest BCUT2D eigenvalue weighted by molar-refractivity contribution is -0.169. The first kappa shape index (κ1) is 41.0. The number of carbonyl (C=O) groups excluding carboxylic acids is 2. The van der Waals surface area contributed by atoms with Gasteiger partial charge in [-0.05, 0) is 54.4 Å². The van der Waals surface area contributed by atoms with E-state index < -0.39 is 35.4 Å². The van der Waals surface area contributed by atoms with E-state index in [1.165, 1.54) is 64.2 Å². The first-order valence-electron chi connectivity index (χ1n) is 17.1. The van der Waals surface area contributed by atoms with Gasteiger partial charge in [-0.25, -0.2) is 14.0 Å². The Morgan fingerprint density at radius 3 is 2.19 bits per heavy atom. The summed E-state index contributed by atoms with van der Waals surface area (Å²) in [6.07, 6.45) is 14.1. The van der Waals surface area contributed by atoms with Crippen LogP contribution >= 0.6 is 11.8 Å². The molecule has 0 spiro atoms. The molecular formula is C38H54FNO7S. The summed E-state index contributed by atoms with van der Waals surface area (Å²) in [4.78, 5) is 38.7. The Kier molecular flexibility index (Phi) is 19.8. The van der Waals surface area contributed by atoms with Crippen molar-refractivity contribution in [1.29, 1.82) is 0 Å². The van der Waals surface area contributed by atoms with Crippen LogP contribution in [0.4, 0.5) is 4.39 Å². The second-order valence-corrected chi connectivity index (χ2v) is 13.3. The fourth-order valence-electron chi connectivity index (χ4n) is 5.43. The van der Waals surface area contributed by atoms with Gasteiger partial charge in [0.05, 0.1) is 13.0 Å². The van der Waals surface area contributed by atoms with Gasteiger partial charge in [-0.2, -0.15) is 11.8 Å². The van der Waals surface area contributed by atoms with E-state index in [1.807, 2.05) is 11.8 Å². The van der Waals surface area contributed by atoms with Gasteiger partial charge in [0.25, 0.3) is 0 Å². The Bertz CT molecular complexity index is 1270. The third-order valence-corrected chi connectivity index (χ3v) is 9.52. The number of allylic oxidation sites excluding steroid dienone is 1. The molecule has 3 atom stereocenters. The van der Waals surface area contributed by atoms with Gasteiger partial charge in [-0.15, -0.1) is 0 Å². The van der Waals surface area contributed by atoms with Crippen molar-refractivity contribution >= 4 is 29.6 Å². The number of carboxylic acids is 1. The molecule has 0 bridgehead atoms. The molecule has 0 aliphatic rings. The van der Waals surface area contributed by atoms with Crippen LogP contribution in [-0.2, 0) is 30.3 Å². The number of halogens is 1. The Balaban J connectivity index is 2.04. The smallest absolute Gasteiger partial charge is 0.336 e. The number of methoxy groups -OCH3 is 2. The molecule has 0 unspecified atom stereocenters. The standard InChI is InChI=1S/C38H54FNO7S/c1-4-5-6-10-15-26-48-27-16-11-8-7-9-12-18-32(38(45,37(43)44)24-25-46-2)35(41)40-34(36(42)47-3)28-29-20-22-30(23-21-29)31-17-13-14-19-33(31)39/h12-14,17-23,32,34,45H,4-11,15-16,24-28H2,1-3H3,(H,40,41)(H,43,44)/t32-,34+,38+/m1/s1. The Labute approximate surface area is 289 Å². The maximum absolute atomic E-state index is 14.3. The largest absolute Gasteiger partial charge is 0.479 e. The molecular weight excluding hydrogens is 633 g/mol. The van der Waals surface area contributed by atoms with E-state index in [-0.39, 0.29) is 25.3 Å². The van der Waals surface area contributed by atoms with E-state index in [0.717, 1.165) is 31.4 Å². The van der Waals surface area contributed by atoms with Crippen LogP contribution in [0.1, 0.15) is 83.1 Å². The number of nitrogens with one attached hydrogen (secondary N) is 1. The molecule has 0 saturated carbocycles. The third-order valence-electron chi connectivity index (χ3n) is 8.37. The van der Waals surface area contributed by atoms with Gasteiger partial charge >= 0.3 is 11.9 Å². The molecule has 0 aliphatic carbocycles. The summed E-state index contributed by atoms with van der Waals surface area (Å²) in [5, 5.41) is 23.9. The lowest BCUT2D eigenvalue weighted by Gasteiger charge is -2.30. The van der Waals surface area contributed by atoms with Crippen molar-refractivity contribution in [3.63, 3.8) is 0 Å². The van der Waals surface area contributed by atoms with Gasteiger partial charge in [0, 0.05) is 32.1 Å². The van der Waals surface area contributed by atoms with Gasteiger partial charge in [-0.3, -0.25) is 4.79 Å². The van der Waals surface area contributed by atoms with Crippen molar-refractivity contribution < 1.29 is 38.5 Å². The van der Waals surface area contributed by atoms with Crippen LogP contribution in [-0.4, -0.2) is 72.0 Å². The average molecular weight is 688 g/mol. The summed E-state index contributed by atoms with van der Waals surface area (Å²) in [5.74, 6) is -2.61. The molecule has 0 aliphatic heterocycles. The number of carboxylic acid groups (broad SMARTS) is 1. The number of aliphatic carboxylic acids is 1. The number of esters is 1. The molecule has 1 amide bonds. The summed E-state index contributed by atoms with van der Waals surface area (Å²) in [7, 11) is 2.57. The second-order valence-electron chi connectivity index (χ2n) is 12.1. The van der Waals surface area contributed by atoms with Crippen LogP contribution in [0.15, 0.2) is 60.7 Å². The number of carbonyl (C=O) groups is 3. The molecule has 2 rings (SSSR count). The monoisotopic (exact) mass is 687 g/mol. The Morgan fingerprint density at radius 1 is 0.938 bits per heavy atom. The molecule has 2 aromatic carbocycles. The maximum Gasteiger partial charge on any atom is 0.336 e. The van der Waals surface area contributed by atoms with Gasteiger partial charge in [0.1, 0.15) is 11.9 Å². The van der Waals surface area contributed by atoms with Crippen LogP contribution in [0.3, 0.4) is 0 Å². The van der Waals surface area contributed by atoms with E-state index in [2.05, 4.69) is 12.2 Å². The van der Waals surface area contributed by atoms with Crippen LogP contribution in [0.2, 0.25) is 0 Å². The first-order valence-corrected chi connectivity index (χ1v) is 18.2. The highest BCUT2D eigenvalue weighted by Gasteiger charge is 2.47.